The minimum atomic E-state index is -0.844. The van der Waals surface area contributed by atoms with E-state index in [1.807, 2.05) is 0 Å². The zero-order valence-electron chi connectivity index (χ0n) is 14.9. The van der Waals surface area contributed by atoms with Gasteiger partial charge in [-0.2, -0.15) is 0 Å². The topological polar surface area (TPSA) is 133 Å². The first-order valence-corrected chi connectivity index (χ1v) is 9.54. The van der Waals surface area contributed by atoms with Gasteiger partial charge >= 0.3 is 5.97 Å². The average Bonchev–Trinajstić information content (AvgIpc) is 3.10. The van der Waals surface area contributed by atoms with Crippen LogP contribution in [0.4, 0.5) is 0 Å². The highest BCUT2D eigenvalue weighted by atomic mass is 32.2. The molecule has 0 aromatic carbocycles. The zero-order valence-corrected chi connectivity index (χ0v) is 15.7. The van der Waals surface area contributed by atoms with E-state index in [4.69, 9.17) is 10.5 Å². The van der Waals surface area contributed by atoms with Crippen molar-refractivity contribution in [1.82, 2.24) is 9.80 Å². The minimum Gasteiger partial charge on any atom is -0.457 e. The van der Waals surface area contributed by atoms with Crippen LogP contribution in [0.15, 0.2) is 23.3 Å². The van der Waals surface area contributed by atoms with Crippen LogP contribution in [0, 0.1) is 5.92 Å². The molecule has 5 atom stereocenters. The van der Waals surface area contributed by atoms with E-state index in [1.165, 1.54) is 29.7 Å². The second kappa shape index (κ2) is 7.63. The third-order valence-electron chi connectivity index (χ3n) is 4.95. The van der Waals surface area contributed by atoms with Crippen LogP contribution in [0.3, 0.4) is 0 Å². The van der Waals surface area contributed by atoms with Crippen LogP contribution in [-0.2, 0) is 19.1 Å². The van der Waals surface area contributed by atoms with E-state index in [0.717, 1.165) is 0 Å². The Balaban J connectivity index is 1.86. The lowest BCUT2D eigenvalue weighted by atomic mass is 9.92. The molecule has 0 unspecified atom stereocenters. The van der Waals surface area contributed by atoms with Crippen molar-refractivity contribution in [3.63, 3.8) is 0 Å². The molecule has 27 heavy (non-hydrogen) atoms. The summed E-state index contributed by atoms with van der Waals surface area (Å²) >= 11 is 1.29. The van der Waals surface area contributed by atoms with Gasteiger partial charge in [-0.05, 0) is 13.3 Å². The Morgan fingerprint density at radius 1 is 1.52 bits per heavy atom. The van der Waals surface area contributed by atoms with E-state index in [-0.39, 0.29) is 37.7 Å². The maximum absolute atomic E-state index is 12.5. The summed E-state index contributed by atoms with van der Waals surface area (Å²) in [5.41, 5.74) is 5.54. The van der Waals surface area contributed by atoms with Crippen LogP contribution in [0.25, 0.3) is 0 Å². The van der Waals surface area contributed by atoms with E-state index in [9.17, 15) is 24.6 Å². The minimum absolute atomic E-state index is 0.000845. The number of amides is 2. The molecular weight excluding hydrogens is 374 g/mol. The number of esters is 1. The number of carbonyl (C=O) groups excluding carboxylic acids is 3. The number of rotatable bonds is 7. The van der Waals surface area contributed by atoms with Crippen molar-refractivity contribution in [2.45, 2.75) is 37.0 Å². The molecule has 0 aliphatic carbocycles. The van der Waals surface area contributed by atoms with Gasteiger partial charge in [0.25, 0.3) is 0 Å². The molecule has 0 radical (unpaired) electrons. The molecule has 2 fully saturated rings. The summed E-state index contributed by atoms with van der Waals surface area (Å²) in [5, 5.41) is 19.4. The fourth-order valence-corrected chi connectivity index (χ4v) is 5.32. The number of likely N-dealkylation sites (tertiary alicyclic amines) is 1. The molecule has 148 valence electrons. The number of thioether (sulfide) groups is 1. The number of carbonyl (C=O) groups is 3. The van der Waals surface area contributed by atoms with Crippen molar-refractivity contribution >= 4 is 29.5 Å². The summed E-state index contributed by atoms with van der Waals surface area (Å²) in [5.74, 6) is -2.15. The van der Waals surface area contributed by atoms with Crippen LogP contribution in [-0.4, -0.2) is 81.1 Å². The van der Waals surface area contributed by atoms with Gasteiger partial charge < -0.3 is 20.7 Å². The third kappa shape index (κ3) is 3.49. The van der Waals surface area contributed by atoms with Crippen LogP contribution in [0.5, 0.6) is 0 Å². The van der Waals surface area contributed by atoms with E-state index in [1.54, 1.807) is 4.90 Å². The highest BCUT2D eigenvalue weighted by molar-refractivity contribution is 8.04. The predicted molar refractivity (Wildman–Crippen MR) is 96.8 cm³/mol. The molecule has 4 N–H and O–H groups in total. The first kappa shape index (κ1) is 19.9. The standard InChI is InChI=1S/C17H23N3O6S/c1-3-4-26-17(25)13-11(7-19-6-9(22)5-10(19)14(18)23)27-16-12(8(2)21)15(24)20(13)16/h3,8-10,12,16,21-22H,1,4-7H2,2H3,(H2,18,23)/t8-,9+,10+,12+,16-/m1/s1. The number of nitrogens with two attached hydrogens (primary N) is 1. The molecule has 3 aliphatic rings. The zero-order chi connectivity index (χ0) is 19.9. The van der Waals surface area contributed by atoms with Gasteiger partial charge in [0, 0.05) is 18.0 Å². The molecule has 2 amide bonds. The van der Waals surface area contributed by atoms with Crippen molar-refractivity contribution in [2.24, 2.45) is 11.7 Å². The molecule has 3 rings (SSSR count). The summed E-state index contributed by atoms with van der Waals surface area (Å²) in [6.07, 6.45) is 0.123. The Labute approximate surface area is 160 Å². The van der Waals surface area contributed by atoms with Gasteiger partial charge in [0.05, 0.1) is 24.2 Å². The number of hydrogen-bond acceptors (Lipinski definition) is 8. The van der Waals surface area contributed by atoms with Gasteiger partial charge in [0.1, 0.15) is 17.7 Å². The maximum Gasteiger partial charge on any atom is 0.356 e. The van der Waals surface area contributed by atoms with Gasteiger partial charge in [0.15, 0.2) is 0 Å². The predicted octanol–water partition coefficient (Wildman–Crippen LogP) is -1.24. The van der Waals surface area contributed by atoms with Gasteiger partial charge in [-0.3, -0.25) is 19.4 Å². The Kier molecular flexibility index (Phi) is 5.61. The third-order valence-corrected chi connectivity index (χ3v) is 6.31. The highest BCUT2D eigenvalue weighted by Gasteiger charge is 2.58. The Bertz CT molecular complexity index is 709. The second-order valence-electron chi connectivity index (χ2n) is 6.88. The lowest BCUT2D eigenvalue weighted by Gasteiger charge is -2.43. The molecule has 0 spiro atoms. The number of primary amides is 1. The summed E-state index contributed by atoms with van der Waals surface area (Å²) < 4.78 is 5.12. The van der Waals surface area contributed by atoms with Gasteiger partial charge in [-0.1, -0.05) is 12.7 Å². The summed E-state index contributed by atoms with van der Waals surface area (Å²) in [6, 6.07) is -0.643. The number of aliphatic hydroxyl groups is 2. The molecular formula is C17H23N3O6S. The lowest BCUT2D eigenvalue weighted by Crippen LogP contribution is -2.60. The second-order valence-corrected chi connectivity index (χ2v) is 8.09. The number of β-amino-alcohol motifs (C(OH)–C–C–N with tert-alkyl or cyclic N) is 1. The smallest absolute Gasteiger partial charge is 0.356 e. The van der Waals surface area contributed by atoms with Crippen LogP contribution in [0.1, 0.15) is 13.3 Å². The largest absolute Gasteiger partial charge is 0.457 e. The maximum atomic E-state index is 12.5. The molecule has 3 aliphatic heterocycles. The molecule has 0 aromatic heterocycles. The summed E-state index contributed by atoms with van der Waals surface area (Å²) in [6.45, 7) is 5.46. The molecule has 0 bridgehead atoms. The number of β-lactam (4-membered cyclic amide) rings is 1. The van der Waals surface area contributed by atoms with Crippen molar-refractivity contribution in [1.29, 1.82) is 0 Å². The van der Waals surface area contributed by atoms with Crippen LogP contribution in [0.2, 0.25) is 0 Å². The number of hydrogen-bond donors (Lipinski definition) is 3. The van der Waals surface area contributed by atoms with E-state index in [0.29, 0.717) is 4.91 Å². The number of nitrogens with zero attached hydrogens (tertiary/aromatic N) is 2. The normalized spacial score (nSPS) is 31.5. The number of ether oxygens (including phenoxy) is 1. The van der Waals surface area contributed by atoms with Crippen molar-refractivity contribution in [3.05, 3.63) is 23.3 Å². The van der Waals surface area contributed by atoms with Crippen LogP contribution >= 0.6 is 11.8 Å². The van der Waals surface area contributed by atoms with E-state index in [2.05, 4.69) is 6.58 Å². The fraction of sp³-hybridized carbons (Fsp3) is 0.588. The monoisotopic (exact) mass is 397 g/mol. The van der Waals surface area contributed by atoms with Gasteiger partial charge in [-0.15, -0.1) is 11.8 Å². The molecule has 10 heteroatoms. The SMILES string of the molecule is C=CCOC(=O)C1=C(CN2C[C@@H](O)C[C@H]2C(N)=O)S[C@@H]2[C@@H]([C@@H](C)O)C(=O)N12. The first-order valence-electron chi connectivity index (χ1n) is 8.66. The average molecular weight is 397 g/mol. The molecule has 0 saturated carbocycles. The Morgan fingerprint density at radius 3 is 2.81 bits per heavy atom. The number of fused-ring (bicyclic) bond motifs is 1. The van der Waals surface area contributed by atoms with Crippen molar-refractivity contribution < 1.29 is 29.3 Å². The van der Waals surface area contributed by atoms with Gasteiger partial charge in [0.2, 0.25) is 11.8 Å². The molecule has 3 heterocycles. The lowest BCUT2D eigenvalue weighted by molar-refractivity contribution is -0.158. The Hall–Kier alpha value is -1.88. The Morgan fingerprint density at radius 2 is 2.22 bits per heavy atom. The van der Waals surface area contributed by atoms with Crippen molar-refractivity contribution in [3.8, 4) is 0 Å². The molecule has 0 aromatic rings. The first-order chi connectivity index (χ1) is 12.8. The number of aliphatic hydroxyl groups excluding tert-OH is 2. The summed E-state index contributed by atoms with van der Waals surface area (Å²) in [7, 11) is 0. The van der Waals surface area contributed by atoms with Crippen molar-refractivity contribution in [2.75, 3.05) is 19.7 Å². The fourth-order valence-electron chi connectivity index (χ4n) is 3.69. The van der Waals surface area contributed by atoms with E-state index < -0.39 is 41.4 Å². The summed E-state index contributed by atoms with van der Waals surface area (Å²) in [4.78, 5) is 40.2. The van der Waals surface area contributed by atoms with Crippen LogP contribution < -0.4 is 5.73 Å². The molecule has 9 nitrogen and oxygen atoms in total. The highest BCUT2D eigenvalue weighted by Crippen LogP contribution is 2.50. The molecule has 2 saturated heterocycles. The van der Waals surface area contributed by atoms with Gasteiger partial charge in [-0.25, -0.2) is 4.79 Å². The van der Waals surface area contributed by atoms with E-state index >= 15 is 0 Å². The quantitative estimate of drug-likeness (QED) is 0.276.